The van der Waals surface area contributed by atoms with Gasteiger partial charge >= 0.3 is 0 Å². The van der Waals surface area contributed by atoms with E-state index in [1.807, 2.05) is 69.3 Å². The molecule has 0 spiro atoms. The Kier molecular flexibility index (Phi) is 5.55. The van der Waals surface area contributed by atoms with Gasteiger partial charge in [0.2, 0.25) is 0 Å². The Hall–Kier alpha value is -3.54. The lowest BCUT2D eigenvalue weighted by molar-refractivity contribution is -0.139. The van der Waals surface area contributed by atoms with E-state index >= 15 is 0 Å². The number of carbonyl (C=O) groups excluding carboxylic acids is 2. The van der Waals surface area contributed by atoms with Crippen molar-refractivity contribution in [2.45, 2.75) is 39.3 Å². The first-order chi connectivity index (χ1) is 14.9. The third-order valence-electron chi connectivity index (χ3n) is 5.43. The van der Waals surface area contributed by atoms with E-state index in [2.05, 4.69) is 4.98 Å². The molecular weight excluding hydrogens is 392 g/mol. The molecule has 1 atom stereocenters. The van der Waals surface area contributed by atoms with Crippen LogP contribution < -0.4 is 4.74 Å². The van der Waals surface area contributed by atoms with Crippen LogP contribution >= 0.6 is 0 Å². The van der Waals surface area contributed by atoms with Crippen LogP contribution in [0, 0.1) is 0 Å². The molecule has 31 heavy (non-hydrogen) atoms. The van der Waals surface area contributed by atoms with Gasteiger partial charge in [-0.05, 0) is 32.4 Å². The number of ether oxygens (including phenoxy) is 1. The maximum absolute atomic E-state index is 13.1. The number of aliphatic hydroxyl groups excluding tert-OH is 1. The fourth-order valence-electron chi connectivity index (χ4n) is 4.16. The number of aromatic nitrogens is 1. The van der Waals surface area contributed by atoms with Crippen molar-refractivity contribution in [3.8, 4) is 5.75 Å². The van der Waals surface area contributed by atoms with Crippen molar-refractivity contribution in [3.05, 3.63) is 71.4 Å². The highest BCUT2D eigenvalue weighted by Gasteiger charge is 2.46. The summed E-state index contributed by atoms with van der Waals surface area (Å²) in [5, 5.41) is 12.1. The quantitative estimate of drug-likeness (QED) is 0.343. The number of nitrogens with zero attached hydrogens (tertiary/aromatic N) is 1. The Labute approximate surface area is 181 Å². The summed E-state index contributed by atoms with van der Waals surface area (Å²) in [6.45, 7) is 6.19. The minimum atomic E-state index is -0.719. The largest absolute Gasteiger partial charge is 0.507 e. The van der Waals surface area contributed by atoms with Gasteiger partial charge in [0.1, 0.15) is 11.5 Å². The molecule has 3 aromatic rings. The second-order valence-electron chi connectivity index (χ2n) is 7.94. The number of ketones is 1. The first-order valence-corrected chi connectivity index (χ1v) is 10.5. The first kappa shape index (κ1) is 20.7. The van der Waals surface area contributed by atoms with Gasteiger partial charge in [0.15, 0.2) is 0 Å². The minimum absolute atomic E-state index is 0.0803. The molecule has 2 heterocycles. The van der Waals surface area contributed by atoms with Crippen molar-refractivity contribution in [2.24, 2.45) is 0 Å². The monoisotopic (exact) mass is 418 g/mol. The number of carbonyl (C=O) groups is 2. The Bertz CT molecular complexity index is 1170. The van der Waals surface area contributed by atoms with Crippen molar-refractivity contribution in [2.75, 3.05) is 6.54 Å². The summed E-state index contributed by atoms with van der Waals surface area (Å²) in [5.74, 6) is -0.873. The number of benzene rings is 2. The number of nitrogens with one attached hydrogen (secondary N) is 1. The maximum Gasteiger partial charge on any atom is 0.295 e. The molecule has 160 valence electrons. The highest BCUT2D eigenvalue weighted by atomic mass is 16.5. The van der Waals surface area contributed by atoms with Gasteiger partial charge in [0.05, 0.1) is 17.7 Å². The molecule has 1 amide bonds. The van der Waals surface area contributed by atoms with Crippen molar-refractivity contribution in [1.82, 2.24) is 9.88 Å². The highest BCUT2D eigenvalue weighted by Crippen LogP contribution is 2.43. The zero-order valence-corrected chi connectivity index (χ0v) is 17.9. The third kappa shape index (κ3) is 3.58. The van der Waals surface area contributed by atoms with Gasteiger partial charge in [-0.1, -0.05) is 43.3 Å². The molecule has 1 aromatic heterocycles. The van der Waals surface area contributed by atoms with Crippen LogP contribution in [0.2, 0.25) is 0 Å². The summed E-state index contributed by atoms with van der Waals surface area (Å²) in [4.78, 5) is 30.7. The van der Waals surface area contributed by atoms with E-state index in [0.717, 1.165) is 10.9 Å². The second-order valence-corrected chi connectivity index (χ2v) is 7.94. The molecule has 4 rings (SSSR count). The number of hydrogen-bond acceptors (Lipinski definition) is 4. The van der Waals surface area contributed by atoms with Crippen molar-refractivity contribution in [3.63, 3.8) is 0 Å². The van der Waals surface area contributed by atoms with Gasteiger partial charge in [-0.3, -0.25) is 9.59 Å². The second kappa shape index (κ2) is 8.30. The zero-order valence-electron chi connectivity index (χ0n) is 17.9. The Morgan fingerprint density at radius 3 is 2.58 bits per heavy atom. The molecule has 6 nitrogen and oxygen atoms in total. The van der Waals surface area contributed by atoms with Crippen molar-refractivity contribution >= 4 is 28.4 Å². The van der Waals surface area contributed by atoms with Crippen LogP contribution in [-0.4, -0.2) is 39.3 Å². The summed E-state index contributed by atoms with van der Waals surface area (Å²) in [6.07, 6.45) is 2.27. The molecule has 0 radical (unpaired) electrons. The van der Waals surface area contributed by atoms with E-state index in [0.29, 0.717) is 29.8 Å². The van der Waals surface area contributed by atoms with Gasteiger partial charge in [-0.25, -0.2) is 0 Å². The van der Waals surface area contributed by atoms with Crippen LogP contribution in [0.25, 0.3) is 16.7 Å². The van der Waals surface area contributed by atoms with E-state index < -0.39 is 17.7 Å². The number of rotatable bonds is 6. The highest BCUT2D eigenvalue weighted by molar-refractivity contribution is 6.46. The minimum Gasteiger partial charge on any atom is -0.507 e. The summed E-state index contributed by atoms with van der Waals surface area (Å²) in [5.41, 5.74) is 2.11. The molecule has 2 N–H and O–H groups in total. The number of aromatic amines is 1. The predicted octanol–water partition coefficient (Wildman–Crippen LogP) is 4.79. The summed E-state index contributed by atoms with van der Waals surface area (Å²) in [7, 11) is 0. The van der Waals surface area contributed by atoms with Crippen LogP contribution in [0.3, 0.4) is 0 Å². The normalized spacial score (nSPS) is 18.3. The Morgan fingerprint density at radius 2 is 1.84 bits per heavy atom. The number of Topliss-reactive ketones (excluding diaryl/α,β-unsaturated/α-hetero) is 1. The molecule has 1 aliphatic rings. The number of H-pyrrole nitrogens is 1. The lowest BCUT2D eigenvalue weighted by Gasteiger charge is -2.27. The fourth-order valence-corrected chi connectivity index (χ4v) is 4.16. The molecule has 0 bridgehead atoms. The number of fused-ring (bicyclic) bond motifs is 1. The van der Waals surface area contributed by atoms with Crippen LogP contribution in [0.1, 0.15) is 44.4 Å². The topological polar surface area (TPSA) is 82.6 Å². The van der Waals surface area contributed by atoms with Gasteiger partial charge < -0.3 is 19.7 Å². The SMILES string of the molecule is CCCN1C(=O)C(=O)/C(=C(/O)c2c[nH]c3ccccc23)C1c1ccccc1OC(C)C. The molecule has 1 fully saturated rings. The molecule has 1 aliphatic heterocycles. The van der Waals surface area contributed by atoms with E-state index in [4.69, 9.17) is 4.74 Å². The summed E-state index contributed by atoms with van der Waals surface area (Å²) < 4.78 is 5.98. The third-order valence-corrected chi connectivity index (χ3v) is 5.43. The summed E-state index contributed by atoms with van der Waals surface area (Å²) in [6, 6.07) is 14.2. The van der Waals surface area contributed by atoms with Gasteiger partial charge in [0, 0.05) is 34.8 Å². The predicted molar refractivity (Wildman–Crippen MR) is 120 cm³/mol. The smallest absolute Gasteiger partial charge is 0.295 e. The maximum atomic E-state index is 13.1. The van der Waals surface area contributed by atoms with E-state index in [-0.39, 0.29) is 17.4 Å². The molecule has 1 saturated heterocycles. The van der Waals surface area contributed by atoms with E-state index in [1.54, 1.807) is 6.20 Å². The average Bonchev–Trinajstić information content (AvgIpc) is 3.28. The fraction of sp³-hybridized carbons (Fsp3) is 0.280. The summed E-state index contributed by atoms with van der Waals surface area (Å²) >= 11 is 0. The first-order valence-electron chi connectivity index (χ1n) is 10.5. The zero-order chi connectivity index (χ0) is 22.1. The standard InChI is InChI=1S/C25H26N2O4/c1-4-13-27-22(17-10-6-8-12-20(17)31-15(2)3)21(24(29)25(27)30)23(28)18-14-26-19-11-7-5-9-16(18)19/h5-12,14-15,22,26,28H,4,13H2,1-3H3/b23-21+. The van der Waals surface area contributed by atoms with Gasteiger partial charge in [-0.15, -0.1) is 0 Å². The van der Waals surface area contributed by atoms with Gasteiger partial charge in [-0.2, -0.15) is 0 Å². The molecular formula is C25H26N2O4. The molecule has 0 aliphatic carbocycles. The van der Waals surface area contributed by atoms with Crippen LogP contribution in [0.5, 0.6) is 5.75 Å². The lowest BCUT2D eigenvalue weighted by Crippen LogP contribution is -2.30. The molecule has 6 heteroatoms. The number of likely N-dealkylation sites (tertiary alicyclic amines) is 1. The number of para-hydroxylation sites is 2. The van der Waals surface area contributed by atoms with E-state index in [9.17, 15) is 14.7 Å². The van der Waals surface area contributed by atoms with Crippen molar-refractivity contribution < 1.29 is 19.4 Å². The van der Waals surface area contributed by atoms with Crippen LogP contribution in [0.15, 0.2) is 60.3 Å². The average molecular weight is 418 g/mol. The molecule has 2 aromatic carbocycles. The van der Waals surface area contributed by atoms with Crippen LogP contribution in [-0.2, 0) is 9.59 Å². The van der Waals surface area contributed by atoms with Gasteiger partial charge in [0.25, 0.3) is 11.7 Å². The molecule has 1 unspecified atom stereocenters. The van der Waals surface area contributed by atoms with Crippen LogP contribution in [0.4, 0.5) is 0 Å². The number of amides is 1. The number of hydrogen-bond donors (Lipinski definition) is 2. The number of aliphatic hydroxyl groups is 1. The van der Waals surface area contributed by atoms with E-state index in [1.165, 1.54) is 4.90 Å². The Balaban J connectivity index is 1.94. The van der Waals surface area contributed by atoms with Crippen molar-refractivity contribution in [1.29, 1.82) is 0 Å². The molecule has 0 saturated carbocycles. The lowest BCUT2D eigenvalue weighted by atomic mass is 9.94. The Morgan fingerprint density at radius 1 is 1.13 bits per heavy atom.